The van der Waals surface area contributed by atoms with Gasteiger partial charge in [0.1, 0.15) is 23.7 Å². The number of hydrogen-bond donors (Lipinski definition) is 5. The quantitative estimate of drug-likeness (QED) is 0.0469. The summed E-state index contributed by atoms with van der Waals surface area (Å²) in [5.74, 6) is 1.66. The van der Waals surface area contributed by atoms with Gasteiger partial charge in [0.25, 0.3) is 5.91 Å². The number of halogens is 7. The number of ether oxygens (including phenoxy) is 3. The van der Waals surface area contributed by atoms with Crippen LogP contribution in [0.25, 0.3) is 11.3 Å². The second-order valence-corrected chi connectivity index (χ2v) is 20.3. The third kappa shape index (κ3) is 13.6. The van der Waals surface area contributed by atoms with E-state index in [1.165, 1.54) is 0 Å². The molecule has 0 radical (unpaired) electrons. The average molecular weight is 1090 g/mol. The molecule has 0 spiro atoms. The van der Waals surface area contributed by atoms with Gasteiger partial charge in [0.05, 0.1) is 68.3 Å². The Balaban J connectivity index is 1.16. The van der Waals surface area contributed by atoms with E-state index in [2.05, 4.69) is 63.7 Å². The summed E-state index contributed by atoms with van der Waals surface area (Å²) in [6.45, 7) is 3.46. The Morgan fingerprint density at radius 1 is 0.857 bits per heavy atom. The average Bonchev–Trinajstić information content (AvgIpc) is 4.13. The summed E-state index contributed by atoms with van der Waals surface area (Å²) in [6, 6.07) is 4.40. The standard InChI is InChI=1S/C51H58F7N11O8/c1-49(2,3)41(62-47(73)75-6)44(72)65-66(24-35-36(52)17-31(18-37(35)53)38-14-15-69(64-38)45(54)55)25-40(70)39(61-43(71)42(63-48(74)76-7)50(4,5)51(56,57)58)16-29-11-8-28(9-12-29)10-13-30-20-59-46(60-21-30)68-23-32-19-33(68)22-67(32)34-26-77-27-34/h8-9,11-12,14-15,17-18,20-22,32,34,39-42,45,70H,16,19,23-27H2,1-7H3,(H,61,71)(H,62,73)(H,63,74)(H,65,72)/t32?,39-,40-,41+,42?/m0/s1. The summed E-state index contributed by atoms with van der Waals surface area (Å²) < 4.78 is 117. The number of nitrogens with zero attached hydrogens (tertiary/aromatic N) is 7. The van der Waals surface area contributed by atoms with Crippen molar-refractivity contribution in [2.75, 3.05) is 45.4 Å². The molecule has 2 bridgehead atoms. The number of alkyl carbamates (subject to hydrolysis) is 2. The summed E-state index contributed by atoms with van der Waals surface area (Å²) in [4.78, 5) is 66.4. The second-order valence-electron chi connectivity index (χ2n) is 20.3. The number of methoxy groups -OCH3 is 2. The Labute approximate surface area is 438 Å². The molecule has 2 aromatic carbocycles. The van der Waals surface area contributed by atoms with E-state index in [-0.39, 0.29) is 22.4 Å². The number of nitrogens with one attached hydrogen (secondary N) is 4. The number of hydrazine groups is 1. The molecule has 414 valence electrons. The van der Waals surface area contributed by atoms with Crippen molar-refractivity contribution in [2.45, 2.75) is 103 Å². The van der Waals surface area contributed by atoms with Crippen LogP contribution >= 0.6 is 0 Å². The van der Waals surface area contributed by atoms with Gasteiger partial charge in [-0.05, 0) is 61.6 Å². The Morgan fingerprint density at radius 2 is 1.47 bits per heavy atom. The Hall–Kier alpha value is -7.50. The van der Waals surface area contributed by atoms with Gasteiger partial charge in [0, 0.05) is 73.2 Å². The predicted octanol–water partition coefficient (Wildman–Crippen LogP) is 5.55. The molecule has 2 saturated heterocycles. The van der Waals surface area contributed by atoms with Gasteiger partial charge in [0.15, 0.2) is 0 Å². The number of aliphatic hydroxyl groups is 1. The zero-order valence-corrected chi connectivity index (χ0v) is 42.9. The van der Waals surface area contributed by atoms with Gasteiger partial charge in [-0.15, -0.1) is 0 Å². The molecule has 2 fully saturated rings. The highest BCUT2D eigenvalue weighted by Gasteiger charge is 2.56. The maximum atomic E-state index is 16.0. The van der Waals surface area contributed by atoms with Crippen LogP contribution in [0.15, 0.2) is 73.0 Å². The van der Waals surface area contributed by atoms with Crippen LogP contribution in [0, 0.1) is 34.3 Å². The molecule has 2 aromatic heterocycles. The van der Waals surface area contributed by atoms with E-state index >= 15 is 8.78 Å². The largest absolute Gasteiger partial charge is 0.453 e. The number of rotatable bonds is 18. The summed E-state index contributed by atoms with van der Waals surface area (Å²) in [6.07, 6.45) is -2.65. The number of amides is 4. The monoisotopic (exact) mass is 1090 g/mol. The summed E-state index contributed by atoms with van der Waals surface area (Å²) >= 11 is 0. The van der Waals surface area contributed by atoms with E-state index in [0.717, 1.165) is 62.3 Å². The third-order valence-electron chi connectivity index (χ3n) is 13.4. The third-order valence-corrected chi connectivity index (χ3v) is 13.4. The molecule has 4 aromatic rings. The second kappa shape index (κ2) is 23.4. The molecule has 26 heteroatoms. The lowest BCUT2D eigenvalue weighted by Crippen LogP contribution is -2.63. The predicted molar refractivity (Wildman–Crippen MR) is 262 cm³/mol. The number of aromatic nitrogens is 4. The fraction of sp³-hybridized carbons (Fsp3) is 0.471. The highest BCUT2D eigenvalue weighted by Crippen LogP contribution is 2.41. The van der Waals surface area contributed by atoms with Gasteiger partial charge >= 0.3 is 24.9 Å². The highest BCUT2D eigenvalue weighted by molar-refractivity contribution is 5.87. The van der Waals surface area contributed by atoms with Gasteiger partial charge in [-0.1, -0.05) is 44.7 Å². The number of carbonyl (C=O) groups excluding carboxylic acids is 4. The number of aliphatic hydroxyl groups excluding tert-OH is 1. The molecule has 0 saturated carbocycles. The molecule has 19 nitrogen and oxygen atoms in total. The first-order valence-electron chi connectivity index (χ1n) is 24.1. The molecule has 77 heavy (non-hydrogen) atoms. The normalized spacial score (nSPS) is 17.2. The van der Waals surface area contributed by atoms with Crippen LogP contribution in [-0.4, -0.2) is 142 Å². The lowest BCUT2D eigenvalue weighted by Gasteiger charge is -2.40. The molecule has 3 aliphatic rings. The van der Waals surface area contributed by atoms with Gasteiger partial charge in [-0.3, -0.25) is 15.0 Å². The summed E-state index contributed by atoms with van der Waals surface area (Å²) in [5, 5.41) is 23.3. The minimum absolute atomic E-state index is 0.209. The van der Waals surface area contributed by atoms with Crippen molar-refractivity contribution < 1.29 is 69.2 Å². The van der Waals surface area contributed by atoms with Crippen molar-refractivity contribution in [1.82, 2.24) is 51.0 Å². The number of hydrogen-bond acceptors (Lipinski definition) is 14. The van der Waals surface area contributed by atoms with Crippen molar-refractivity contribution in [3.05, 3.63) is 107 Å². The molecule has 7 rings (SSSR count). The minimum atomic E-state index is -5.09. The van der Waals surface area contributed by atoms with E-state index in [1.54, 1.807) is 57.4 Å². The van der Waals surface area contributed by atoms with Crippen LogP contribution in [0.4, 0.5) is 46.3 Å². The molecule has 4 amide bonds. The lowest BCUT2D eigenvalue weighted by atomic mass is 9.82. The van der Waals surface area contributed by atoms with Gasteiger partial charge < -0.3 is 45.1 Å². The van der Waals surface area contributed by atoms with Crippen molar-refractivity contribution in [3.63, 3.8) is 0 Å². The first-order chi connectivity index (χ1) is 36.3. The number of fused-ring (bicyclic) bond motifs is 2. The fourth-order valence-electron chi connectivity index (χ4n) is 8.73. The van der Waals surface area contributed by atoms with Crippen LogP contribution in [-0.2, 0) is 36.8 Å². The fourth-order valence-corrected chi connectivity index (χ4v) is 8.73. The van der Waals surface area contributed by atoms with Crippen LogP contribution < -0.4 is 26.3 Å². The van der Waals surface area contributed by atoms with E-state index in [0.29, 0.717) is 61.8 Å². The molecule has 5 N–H and O–H groups in total. The smallest absolute Gasteiger partial charge is 0.407 e. The van der Waals surface area contributed by atoms with Crippen molar-refractivity contribution in [3.8, 4) is 23.1 Å². The van der Waals surface area contributed by atoms with E-state index in [1.807, 2.05) is 5.32 Å². The van der Waals surface area contributed by atoms with Crippen LogP contribution in [0.2, 0.25) is 0 Å². The van der Waals surface area contributed by atoms with Crippen molar-refractivity contribution in [1.29, 1.82) is 0 Å². The highest BCUT2D eigenvalue weighted by atomic mass is 19.4. The first-order valence-corrected chi connectivity index (χ1v) is 24.1. The molecular weight excluding hydrogens is 1030 g/mol. The summed E-state index contributed by atoms with van der Waals surface area (Å²) in [5.41, 5.74) is -0.205. The van der Waals surface area contributed by atoms with Crippen molar-refractivity contribution in [2.24, 2.45) is 10.8 Å². The topological polar surface area (TPSA) is 218 Å². The minimum Gasteiger partial charge on any atom is -0.453 e. The summed E-state index contributed by atoms with van der Waals surface area (Å²) in [7, 11) is 1.92. The van der Waals surface area contributed by atoms with Gasteiger partial charge in [-0.2, -0.15) is 27.1 Å². The Kier molecular flexibility index (Phi) is 17.4. The number of carbonyl (C=O) groups is 4. The molecule has 5 heterocycles. The van der Waals surface area contributed by atoms with Gasteiger partial charge in [-0.25, -0.2) is 38.0 Å². The molecule has 3 aliphatic heterocycles. The molecule has 2 unspecified atom stereocenters. The van der Waals surface area contributed by atoms with Crippen LogP contribution in [0.3, 0.4) is 0 Å². The molecule has 0 aliphatic carbocycles. The Morgan fingerprint density at radius 3 is 1.99 bits per heavy atom. The molecular formula is C51H58F7N11O8. The van der Waals surface area contributed by atoms with Gasteiger partial charge in [0.2, 0.25) is 11.9 Å². The SMILES string of the molecule is COC(=O)NC(C(=O)N[C@@H](Cc1ccc(C#Cc2cnc(N3CC4CC3=CN4C3COC3)nc2)cc1)[C@@H](O)CN(Cc1c(F)cc(-c2ccn(C(F)F)n2)cc1F)NC(=O)[C@@H](NC(=O)OC)C(C)(C)C)C(C)(C)C(F)(F)F. The first kappa shape index (κ1) is 57.2. The van der Waals surface area contributed by atoms with E-state index < -0.39 is 102 Å². The number of anilines is 1. The number of benzene rings is 2. The van der Waals surface area contributed by atoms with Crippen LogP contribution in [0.1, 0.15) is 69.8 Å². The number of alkyl halides is 5. The zero-order chi connectivity index (χ0) is 56.1. The van der Waals surface area contributed by atoms with E-state index in [9.17, 15) is 46.2 Å². The van der Waals surface area contributed by atoms with Crippen molar-refractivity contribution >= 4 is 29.9 Å². The maximum absolute atomic E-state index is 16.0. The maximum Gasteiger partial charge on any atom is 0.407 e. The van der Waals surface area contributed by atoms with E-state index in [4.69, 9.17) is 9.47 Å². The van der Waals surface area contributed by atoms with Crippen LogP contribution in [0.5, 0.6) is 0 Å². The zero-order valence-electron chi connectivity index (χ0n) is 42.9. The Bertz CT molecular complexity index is 2860. The molecule has 5 atom stereocenters. The lowest BCUT2D eigenvalue weighted by molar-refractivity contribution is -0.220.